The number of carbonyl (C=O) groups is 1. The van der Waals surface area contributed by atoms with E-state index >= 15 is 0 Å². The molecule has 13 heteroatoms. The van der Waals surface area contributed by atoms with Crippen molar-refractivity contribution in [2.24, 2.45) is 24.8 Å². The molecule has 4 N–H and O–H groups in total. The maximum absolute atomic E-state index is 14.0. The van der Waals surface area contributed by atoms with Crippen LogP contribution in [0.1, 0.15) is 47.7 Å². The molecule has 8 nitrogen and oxygen atoms in total. The zero-order valence-electron chi connectivity index (χ0n) is 20.9. The van der Waals surface area contributed by atoms with Gasteiger partial charge in [-0.2, -0.15) is 5.10 Å². The molecule has 2 aliphatic carbocycles. The molecular weight excluding hydrogens is 555 g/mol. The van der Waals surface area contributed by atoms with Crippen molar-refractivity contribution in [2.45, 2.75) is 36.5 Å². The highest BCUT2D eigenvalue weighted by Gasteiger charge is 2.44. The number of aromatic nitrogens is 2. The van der Waals surface area contributed by atoms with E-state index in [1.165, 1.54) is 16.8 Å². The molecule has 0 spiro atoms. The minimum absolute atomic E-state index is 0.00740. The number of nitrogens with zero attached hydrogens (tertiary/aromatic N) is 2. The molecule has 0 saturated heterocycles. The fourth-order valence-corrected chi connectivity index (χ4v) is 7.33. The minimum atomic E-state index is -4.11. The third kappa shape index (κ3) is 5.50. The predicted molar refractivity (Wildman–Crippen MR) is 140 cm³/mol. The molecular formula is C26H27ClF3N5O3S. The Labute approximate surface area is 228 Å². The average Bonchev–Trinajstić information content (AvgIpc) is 3.51. The van der Waals surface area contributed by atoms with Crippen LogP contribution in [0.4, 0.5) is 24.7 Å². The highest BCUT2D eigenvalue weighted by atomic mass is 35.5. The number of amides is 1. The summed E-state index contributed by atoms with van der Waals surface area (Å²) in [4.78, 5) is 12.6. The largest absolute Gasteiger partial charge is 0.383 e. The molecule has 39 heavy (non-hydrogen) atoms. The number of fused-ring (bicyclic) bond motifs is 1. The lowest BCUT2D eigenvalue weighted by molar-refractivity contribution is 0.102. The molecule has 3 aromatic rings. The van der Waals surface area contributed by atoms with E-state index in [0.717, 1.165) is 43.9 Å². The number of anilines is 2. The summed E-state index contributed by atoms with van der Waals surface area (Å²) in [5.74, 6) is -2.15. The second kappa shape index (κ2) is 10.5. The summed E-state index contributed by atoms with van der Waals surface area (Å²) >= 11 is 5.84. The van der Waals surface area contributed by atoms with Crippen LogP contribution in [0.5, 0.6) is 0 Å². The number of sulfonamides is 1. The molecule has 2 aromatic carbocycles. The van der Waals surface area contributed by atoms with E-state index in [4.69, 9.17) is 17.3 Å². The summed E-state index contributed by atoms with van der Waals surface area (Å²) in [6, 6.07) is 6.26. The number of hydrogen-bond donors (Lipinski definition) is 3. The van der Waals surface area contributed by atoms with Gasteiger partial charge in [0.1, 0.15) is 33.7 Å². The summed E-state index contributed by atoms with van der Waals surface area (Å²) in [6.45, 7) is 0.154. The van der Waals surface area contributed by atoms with Crippen molar-refractivity contribution in [3.63, 3.8) is 0 Å². The highest BCUT2D eigenvalue weighted by Crippen LogP contribution is 2.53. The molecule has 1 heterocycles. The fraction of sp³-hybridized carbons (Fsp3) is 0.385. The first-order valence-corrected chi connectivity index (χ1v) is 14.3. The second-order valence-electron chi connectivity index (χ2n) is 10.3. The molecule has 2 aliphatic rings. The van der Waals surface area contributed by atoms with Crippen LogP contribution in [-0.4, -0.2) is 30.7 Å². The monoisotopic (exact) mass is 581 g/mol. The molecule has 2 unspecified atom stereocenters. The third-order valence-electron chi connectivity index (χ3n) is 7.77. The van der Waals surface area contributed by atoms with Crippen LogP contribution in [0.2, 0.25) is 5.02 Å². The topological polar surface area (TPSA) is 119 Å². The Hall–Kier alpha value is -3.09. The fourth-order valence-electron chi connectivity index (χ4n) is 5.97. The number of hydrogen-bond acceptors (Lipinski definition) is 5. The lowest BCUT2D eigenvalue weighted by Gasteiger charge is -2.16. The van der Waals surface area contributed by atoms with Crippen molar-refractivity contribution in [2.75, 3.05) is 17.6 Å². The second-order valence-corrected chi connectivity index (χ2v) is 12.4. The van der Waals surface area contributed by atoms with Gasteiger partial charge in [0.15, 0.2) is 0 Å². The average molecular weight is 582 g/mol. The number of carbonyl (C=O) groups excluding carboxylic acids is 1. The number of halogens is 4. The van der Waals surface area contributed by atoms with E-state index in [9.17, 15) is 26.4 Å². The Balaban J connectivity index is 1.23. The number of nitrogens with two attached hydrogens (primary N) is 1. The highest BCUT2D eigenvalue weighted by molar-refractivity contribution is 7.89. The van der Waals surface area contributed by atoms with Gasteiger partial charge >= 0.3 is 0 Å². The van der Waals surface area contributed by atoms with Gasteiger partial charge in [0.05, 0.1) is 10.7 Å². The van der Waals surface area contributed by atoms with E-state index in [1.54, 1.807) is 7.05 Å². The maximum atomic E-state index is 14.0. The van der Waals surface area contributed by atoms with Crippen LogP contribution >= 0.6 is 11.6 Å². The summed E-state index contributed by atoms with van der Waals surface area (Å²) in [7, 11) is -2.45. The molecule has 2 saturated carbocycles. The first-order chi connectivity index (χ1) is 18.4. The standard InChI is InChI=1S/C26H27ClF3N5O3S/c1-35-25(31)23(26(36)33-18-3-4-20(29)19(27)11-18)24(34-35)16-8-14-6-13(7-15(14)9-16)12-32-39(37,38)22-5-2-17(28)10-21(22)30/h2-5,10-11,13-16,32H,6-9,12,31H2,1H3,(H,33,36). The van der Waals surface area contributed by atoms with Crippen molar-refractivity contribution < 1.29 is 26.4 Å². The zero-order valence-corrected chi connectivity index (χ0v) is 22.5. The molecule has 2 atom stereocenters. The first kappa shape index (κ1) is 27.5. The smallest absolute Gasteiger partial charge is 0.261 e. The van der Waals surface area contributed by atoms with E-state index in [0.29, 0.717) is 29.3 Å². The number of rotatable bonds is 7. The van der Waals surface area contributed by atoms with Crippen LogP contribution in [0.25, 0.3) is 0 Å². The predicted octanol–water partition coefficient (Wildman–Crippen LogP) is 4.82. The van der Waals surface area contributed by atoms with Crippen LogP contribution in [0.15, 0.2) is 41.3 Å². The lowest BCUT2D eigenvalue weighted by Crippen LogP contribution is -2.29. The van der Waals surface area contributed by atoms with Gasteiger partial charge in [-0.3, -0.25) is 9.48 Å². The van der Waals surface area contributed by atoms with Gasteiger partial charge in [-0.1, -0.05) is 11.6 Å². The lowest BCUT2D eigenvalue weighted by atomic mass is 9.93. The van der Waals surface area contributed by atoms with Gasteiger partial charge in [0, 0.05) is 31.3 Å². The molecule has 1 amide bonds. The Morgan fingerprint density at radius 3 is 2.41 bits per heavy atom. The Morgan fingerprint density at radius 1 is 1.08 bits per heavy atom. The van der Waals surface area contributed by atoms with Gasteiger partial charge in [-0.25, -0.2) is 26.3 Å². The summed E-state index contributed by atoms with van der Waals surface area (Å²) in [5, 5.41) is 7.14. The molecule has 0 aliphatic heterocycles. The Kier molecular flexibility index (Phi) is 7.38. The van der Waals surface area contributed by atoms with Gasteiger partial charge in [0.25, 0.3) is 5.91 Å². The molecule has 2 fully saturated rings. The van der Waals surface area contributed by atoms with Gasteiger partial charge < -0.3 is 11.1 Å². The quantitative estimate of drug-likeness (QED) is 0.369. The normalized spacial score (nSPS) is 22.7. The van der Waals surface area contributed by atoms with E-state index in [1.807, 2.05) is 0 Å². The van der Waals surface area contributed by atoms with E-state index < -0.39 is 38.3 Å². The summed E-state index contributed by atoms with van der Waals surface area (Å²) in [5.41, 5.74) is 7.40. The molecule has 5 rings (SSSR count). The number of nitrogens with one attached hydrogen (secondary N) is 2. The van der Waals surface area contributed by atoms with Gasteiger partial charge in [-0.15, -0.1) is 0 Å². The number of nitrogen functional groups attached to an aromatic ring is 1. The molecule has 0 bridgehead atoms. The summed E-state index contributed by atoms with van der Waals surface area (Å²) < 4.78 is 69.7. The van der Waals surface area contributed by atoms with Crippen LogP contribution in [0, 0.1) is 35.2 Å². The Bertz CT molecular complexity index is 1530. The minimum Gasteiger partial charge on any atom is -0.383 e. The molecule has 0 radical (unpaired) electrons. The van der Waals surface area contributed by atoms with Gasteiger partial charge in [0.2, 0.25) is 10.0 Å². The SMILES string of the molecule is Cn1nc(C2CC3CC(CNS(=O)(=O)c4ccc(F)cc4F)CC3C2)c(C(=O)Nc2ccc(F)c(Cl)c2)c1N. The molecule has 1 aromatic heterocycles. The van der Waals surface area contributed by atoms with Crippen molar-refractivity contribution in [1.29, 1.82) is 0 Å². The van der Waals surface area contributed by atoms with Crippen molar-refractivity contribution >= 4 is 39.0 Å². The van der Waals surface area contributed by atoms with Gasteiger partial charge in [-0.05, 0) is 73.8 Å². The summed E-state index contributed by atoms with van der Waals surface area (Å²) in [6.07, 6.45) is 3.07. The Morgan fingerprint density at radius 2 is 1.77 bits per heavy atom. The molecule has 208 valence electrons. The van der Waals surface area contributed by atoms with E-state index in [-0.39, 0.29) is 34.8 Å². The van der Waals surface area contributed by atoms with Crippen molar-refractivity contribution in [3.8, 4) is 0 Å². The van der Waals surface area contributed by atoms with Crippen LogP contribution in [-0.2, 0) is 17.1 Å². The third-order valence-corrected chi connectivity index (χ3v) is 9.52. The van der Waals surface area contributed by atoms with Crippen LogP contribution < -0.4 is 15.8 Å². The van der Waals surface area contributed by atoms with Crippen molar-refractivity contribution in [1.82, 2.24) is 14.5 Å². The zero-order chi connectivity index (χ0) is 28.1. The van der Waals surface area contributed by atoms with Crippen molar-refractivity contribution in [3.05, 3.63) is 70.1 Å². The number of aryl methyl sites for hydroxylation is 1. The van der Waals surface area contributed by atoms with Crippen LogP contribution in [0.3, 0.4) is 0 Å². The van der Waals surface area contributed by atoms with E-state index in [2.05, 4.69) is 15.1 Å². The number of benzene rings is 2. The first-order valence-electron chi connectivity index (χ1n) is 12.5. The maximum Gasteiger partial charge on any atom is 0.261 e.